The number of likely N-dealkylation sites (tertiary alicyclic amines) is 1. The number of aliphatic hydroxyl groups is 1. The van der Waals surface area contributed by atoms with Crippen LogP contribution in [0.15, 0.2) is 0 Å². The molecular weight excluding hydrogens is 182 g/mol. The molecule has 1 N–H and O–H groups in total. The van der Waals surface area contributed by atoms with Crippen molar-refractivity contribution in [2.75, 3.05) is 19.5 Å². The van der Waals surface area contributed by atoms with Crippen LogP contribution in [0.2, 0.25) is 0 Å². The Morgan fingerprint density at radius 1 is 1.54 bits per heavy atom. The van der Waals surface area contributed by atoms with Gasteiger partial charge in [0.2, 0.25) is 0 Å². The van der Waals surface area contributed by atoms with Crippen LogP contribution in [0.25, 0.3) is 0 Å². The number of hydrogen-bond donors (Lipinski definition) is 1. The second-order valence-corrected chi connectivity index (χ2v) is 3.76. The van der Waals surface area contributed by atoms with Gasteiger partial charge in [0.15, 0.2) is 0 Å². The number of rotatable bonds is 3. The van der Waals surface area contributed by atoms with Gasteiger partial charge in [-0.05, 0) is 32.3 Å². The third-order valence-electron chi connectivity index (χ3n) is 2.46. The Morgan fingerprint density at radius 2 is 2.15 bits per heavy atom. The maximum absolute atomic E-state index is 12.0. The van der Waals surface area contributed by atoms with Crippen molar-refractivity contribution >= 4 is 6.98 Å². The van der Waals surface area contributed by atoms with E-state index in [9.17, 15) is 12.9 Å². The zero-order chi connectivity index (χ0) is 10.1. The lowest BCUT2D eigenvalue weighted by atomic mass is 9.91. The van der Waals surface area contributed by atoms with E-state index in [1.807, 2.05) is 0 Å². The van der Waals surface area contributed by atoms with Crippen molar-refractivity contribution in [3.63, 3.8) is 0 Å². The molecule has 0 aliphatic carbocycles. The Bertz CT molecular complexity index is 174. The fraction of sp³-hybridized carbons (Fsp3) is 1.00. The molecule has 2 atom stereocenters. The van der Waals surface area contributed by atoms with Crippen molar-refractivity contribution in [2.45, 2.75) is 19.4 Å². The zero-order valence-electron chi connectivity index (χ0n) is 7.59. The SMILES string of the molecule is CC(O)C1CCN(C[B-](F)(F)F)C1. The fourth-order valence-corrected chi connectivity index (χ4v) is 1.71. The second-order valence-electron chi connectivity index (χ2n) is 3.76. The molecule has 6 heteroatoms. The molecule has 0 spiro atoms. The minimum Gasteiger partial charge on any atom is -0.448 e. The first kappa shape index (κ1) is 10.9. The molecule has 1 rings (SSSR count). The van der Waals surface area contributed by atoms with Crippen LogP contribution in [0.5, 0.6) is 0 Å². The molecule has 0 aromatic rings. The van der Waals surface area contributed by atoms with Gasteiger partial charge in [-0.25, -0.2) is 0 Å². The molecule has 1 heterocycles. The predicted octanol–water partition coefficient (Wildman–Crippen LogP) is 1.08. The number of halogens is 3. The Kier molecular flexibility index (Phi) is 3.24. The normalized spacial score (nSPS) is 27.9. The van der Waals surface area contributed by atoms with E-state index < -0.39 is 19.5 Å². The van der Waals surface area contributed by atoms with Crippen LogP contribution in [0.3, 0.4) is 0 Å². The first-order valence-electron chi connectivity index (χ1n) is 4.50. The lowest BCUT2D eigenvalue weighted by Crippen LogP contribution is -2.37. The summed E-state index contributed by atoms with van der Waals surface area (Å²) in [6.45, 7) is -2.25. The molecule has 78 valence electrons. The second kappa shape index (κ2) is 3.88. The van der Waals surface area contributed by atoms with E-state index >= 15 is 0 Å². The standard InChI is InChI=1S/C7H14BF3NO/c1-6(13)7-2-3-12(4-7)5-8(9,10)11/h6-7,13H,2-5H2,1H3/q-1. The van der Waals surface area contributed by atoms with Gasteiger partial charge >= 0.3 is 6.98 Å². The Balaban J connectivity index is 2.33. The molecule has 1 aliphatic rings. The van der Waals surface area contributed by atoms with E-state index in [4.69, 9.17) is 5.11 Å². The number of hydrogen-bond acceptors (Lipinski definition) is 2. The highest BCUT2D eigenvalue weighted by Crippen LogP contribution is 2.22. The van der Waals surface area contributed by atoms with Gasteiger partial charge in [0.25, 0.3) is 0 Å². The lowest BCUT2D eigenvalue weighted by Gasteiger charge is -2.23. The maximum atomic E-state index is 12.0. The smallest absolute Gasteiger partial charge is 0.448 e. The Hall–Kier alpha value is -0.225. The third kappa shape index (κ3) is 3.56. The van der Waals surface area contributed by atoms with E-state index in [-0.39, 0.29) is 5.92 Å². The summed E-state index contributed by atoms with van der Waals surface area (Å²) in [6, 6.07) is 0. The molecule has 0 radical (unpaired) electrons. The first-order chi connectivity index (χ1) is 5.88. The highest BCUT2D eigenvalue weighted by atomic mass is 19.4. The van der Waals surface area contributed by atoms with Crippen molar-refractivity contribution < 1.29 is 18.1 Å². The average molecular weight is 196 g/mol. The average Bonchev–Trinajstić information content (AvgIpc) is 2.31. The minimum absolute atomic E-state index is 0.0122. The molecule has 1 fully saturated rings. The molecule has 0 amide bonds. The molecule has 2 unspecified atom stereocenters. The zero-order valence-corrected chi connectivity index (χ0v) is 7.59. The van der Waals surface area contributed by atoms with Crippen LogP contribution in [0, 0.1) is 5.92 Å². The minimum atomic E-state index is -4.71. The van der Waals surface area contributed by atoms with Crippen LogP contribution in [0.4, 0.5) is 12.9 Å². The van der Waals surface area contributed by atoms with Crippen LogP contribution in [-0.2, 0) is 0 Å². The van der Waals surface area contributed by atoms with E-state index in [0.717, 1.165) is 0 Å². The summed E-state index contributed by atoms with van der Waals surface area (Å²) in [5.74, 6) is 0.0122. The van der Waals surface area contributed by atoms with Gasteiger partial charge in [0, 0.05) is 6.54 Å². The van der Waals surface area contributed by atoms with Crippen molar-refractivity contribution in [1.29, 1.82) is 0 Å². The van der Waals surface area contributed by atoms with E-state index in [0.29, 0.717) is 19.5 Å². The molecule has 1 saturated heterocycles. The van der Waals surface area contributed by atoms with Crippen molar-refractivity contribution in [1.82, 2.24) is 4.90 Å². The largest absolute Gasteiger partial charge is 0.492 e. The van der Waals surface area contributed by atoms with Crippen molar-refractivity contribution in [3.8, 4) is 0 Å². The molecule has 0 bridgehead atoms. The molecule has 0 aromatic heterocycles. The van der Waals surface area contributed by atoms with E-state index in [1.165, 1.54) is 4.90 Å². The molecule has 0 saturated carbocycles. The van der Waals surface area contributed by atoms with Gasteiger partial charge in [-0.1, -0.05) is 0 Å². The molecule has 0 aromatic carbocycles. The summed E-state index contributed by atoms with van der Waals surface area (Å²) >= 11 is 0. The molecule has 2 nitrogen and oxygen atoms in total. The number of aliphatic hydroxyl groups excluding tert-OH is 1. The van der Waals surface area contributed by atoms with Gasteiger partial charge < -0.3 is 23.0 Å². The van der Waals surface area contributed by atoms with Gasteiger partial charge in [-0.3, -0.25) is 0 Å². The molecular formula is C7H14BF3NO-. The Labute approximate surface area is 75.8 Å². The number of nitrogens with zero attached hydrogens (tertiary/aromatic N) is 1. The van der Waals surface area contributed by atoms with Gasteiger partial charge in [-0.15, -0.1) is 0 Å². The topological polar surface area (TPSA) is 23.5 Å². The highest BCUT2D eigenvalue weighted by Gasteiger charge is 2.32. The van der Waals surface area contributed by atoms with Crippen LogP contribution >= 0.6 is 0 Å². The Morgan fingerprint density at radius 3 is 2.54 bits per heavy atom. The van der Waals surface area contributed by atoms with Gasteiger partial charge in [-0.2, -0.15) is 0 Å². The van der Waals surface area contributed by atoms with Crippen molar-refractivity contribution in [2.24, 2.45) is 5.92 Å². The van der Waals surface area contributed by atoms with E-state index in [2.05, 4.69) is 0 Å². The molecule has 1 aliphatic heterocycles. The summed E-state index contributed by atoms with van der Waals surface area (Å²) in [6.07, 6.45) is -0.613. The lowest BCUT2D eigenvalue weighted by molar-refractivity contribution is 0.128. The third-order valence-corrected chi connectivity index (χ3v) is 2.46. The summed E-state index contributed by atoms with van der Waals surface area (Å²) in [5.41, 5.74) is 0. The fourth-order valence-electron chi connectivity index (χ4n) is 1.71. The van der Waals surface area contributed by atoms with Gasteiger partial charge in [0.05, 0.1) is 6.10 Å². The summed E-state index contributed by atoms with van der Waals surface area (Å²) in [4.78, 5) is 1.37. The quantitative estimate of drug-likeness (QED) is 0.682. The first-order valence-corrected chi connectivity index (χ1v) is 4.50. The van der Waals surface area contributed by atoms with E-state index in [1.54, 1.807) is 6.92 Å². The predicted molar refractivity (Wildman–Crippen MR) is 45.3 cm³/mol. The van der Waals surface area contributed by atoms with Crippen LogP contribution in [0.1, 0.15) is 13.3 Å². The van der Waals surface area contributed by atoms with Crippen molar-refractivity contribution in [3.05, 3.63) is 0 Å². The molecule has 13 heavy (non-hydrogen) atoms. The highest BCUT2D eigenvalue weighted by molar-refractivity contribution is 6.58. The van der Waals surface area contributed by atoms with Crippen LogP contribution in [-0.4, -0.2) is 42.6 Å². The summed E-state index contributed by atoms with van der Waals surface area (Å²) < 4.78 is 36.0. The maximum Gasteiger partial charge on any atom is 0.492 e. The summed E-state index contributed by atoms with van der Waals surface area (Å²) in [7, 11) is 0. The van der Waals surface area contributed by atoms with Gasteiger partial charge in [0.1, 0.15) is 0 Å². The summed E-state index contributed by atoms with van der Waals surface area (Å²) in [5, 5.41) is 9.17. The van der Waals surface area contributed by atoms with Crippen LogP contribution < -0.4 is 0 Å². The monoisotopic (exact) mass is 196 g/mol.